The summed E-state index contributed by atoms with van der Waals surface area (Å²) in [7, 11) is 0. The Morgan fingerprint density at radius 1 is 1.36 bits per heavy atom. The molecule has 0 unspecified atom stereocenters. The molecule has 1 aromatic heterocycles. The molecule has 0 saturated heterocycles. The lowest BCUT2D eigenvalue weighted by atomic mass is 10.2. The molecule has 2 aromatic rings. The molecule has 1 aromatic carbocycles. The number of fused-ring (bicyclic) bond motifs is 1. The van der Waals surface area contributed by atoms with Crippen LogP contribution in [0, 0.1) is 0 Å². The molecular formula is C11H10ClNO. The highest BCUT2D eigenvalue weighted by Gasteiger charge is 2.25. The Morgan fingerprint density at radius 2 is 2.14 bits per heavy atom. The topological polar surface area (TPSA) is 36.0 Å². The molecule has 0 radical (unpaired) electrons. The first-order chi connectivity index (χ1) is 6.75. The lowest BCUT2D eigenvalue weighted by Gasteiger charge is -1.96. The number of H-pyrrole nitrogens is 1. The largest absolute Gasteiger partial charge is 0.506 e. The van der Waals surface area contributed by atoms with Crippen molar-refractivity contribution in [2.75, 3.05) is 0 Å². The molecule has 0 bridgehead atoms. The number of rotatable bonds is 1. The first kappa shape index (κ1) is 8.18. The standard InChI is InChI=1S/C11H10ClNO/c12-11-7-5-9(6-1-2-6)13-8(7)3-4-10(11)14/h3-6,13-14H,1-2H2. The molecular weight excluding hydrogens is 198 g/mol. The second-order valence-electron chi connectivity index (χ2n) is 3.86. The lowest BCUT2D eigenvalue weighted by Crippen LogP contribution is -1.74. The third-order valence-electron chi connectivity index (χ3n) is 2.76. The quantitative estimate of drug-likeness (QED) is 0.739. The van der Waals surface area contributed by atoms with Crippen molar-refractivity contribution in [2.45, 2.75) is 18.8 Å². The minimum absolute atomic E-state index is 0.153. The van der Waals surface area contributed by atoms with Crippen LogP contribution in [-0.2, 0) is 0 Å². The Balaban J connectivity index is 2.26. The van der Waals surface area contributed by atoms with E-state index in [2.05, 4.69) is 11.1 Å². The first-order valence-electron chi connectivity index (χ1n) is 4.76. The van der Waals surface area contributed by atoms with E-state index in [1.165, 1.54) is 18.5 Å². The predicted octanol–water partition coefficient (Wildman–Crippen LogP) is 3.40. The molecule has 0 amide bonds. The molecule has 0 aliphatic heterocycles. The van der Waals surface area contributed by atoms with Crippen LogP contribution in [0.5, 0.6) is 5.75 Å². The number of phenolic OH excluding ortho intramolecular Hbond substituents is 1. The number of aromatic amines is 1. The van der Waals surface area contributed by atoms with Crippen molar-refractivity contribution in [1.29, 1.82) is 0 Å². The van der Waals surface area contributed by atoms with Crippen LogP contribution in [-0.4, -0.2) is 10.1 Å². The van der Waals surface area contributed by atoms with E-state index in [0.29, 0.717) is 10.9 Å². The molecule has 72 valence electrons. The zero-order chi connectivity index (χ0) is 9.71. The molecule has 2 N–H and O–H groups in total. The lowest BCUT2D eigenvalue weighted by molar-refractivity contribution is 0.476. The van der Waals surface area contributed by atoms with Crippen molar-refractivity contribution >= 4 is 22.5 Å². The average Bonchev–Trinajstić information content (AvgIpc) is 2.93. The number of phenols is 1. The van der Waals surface area contributed by atoms with E-state index in [9.17, 15) is 5.11 Å². The zero-order valence-electron chi connectivity index (χ0n) is 7.55. The summed E-state index contributed by atoms with van der Waals surface area (Å²) in [5.74, 6) is 0.834. The van der Waals surface area contributed by atoms with Gasteiger partial charge in [-0.1, -0.05) is 11.6 Å². The van der Waals surface area contributed by atoms with Gasteiger partial charge < -0.3 is 10.1 Å². The molecule has 3 heteroatoms. The fraction of sp³-hybridized carbons (Fsp3) is 0.273. The third-order valence-corrected chi connectivity index (χ3v) is 3.15. The summed E-state index contributed by atoms with van der Waals surface area (Å²) in [5.41, 5.74) is 2.25. The SMILES string of the molecule is Oc1ccc2[nH]c(C3CC3)cc2c1Cl. The minimum Gasteiger partial charge on any atom is -0.506 e. The van der Waals surface area contributed by atoms with Gasteiger partial charge in [0.15, 0.2) is 0 Å². The third kappa shape index (κ3) is 1.11. The van der Waals surface area contributed by atoms with Gasteiger partial charge in [0, 0.05) is 16.6 Å². The number of aromatic nitrogens is 1. The van der Waals surface area contributed by atoms with Crippen molar-refractivity contribution in [2.24, 2.45) is 0 Å². The zero-order valence-corrected chi connectivity index (χ0v) is 8.30. The Kier molecular flexibility index (Phi) is 1.56. The Hall–Kier alpha value is -1.15. The summed E-state index contributed by atoms with van der Waals surface area (Å²) < 4.78 is 0. The number of halogens is 1. The maximum absolute atomic E-state index is 9.43. The van der Waals surface area contributed by atoms with Gasteiger partial charge in [-0.05, 0) is 37.0 Å². The van der Waals surface area contributed by atoms with Gasteiger partial charge >= 0.3 is 0 Å². The van der Waals surface area contributed by atoms with E-state index in [1.54, 1.807) is 6.07 Å². The highest BCUT2D eigenvalue weighted by molar-refractivity contribution is 6.36. The molecule has 0 spiro atoms. The van der Waals surface area contributed by atoms with Crippen LogP contribution in [0.4, 0.5) is 0 Å². The van der Waals surface area contributed by atoms with Crippen molar-refractivity contribution in [1.82, 2.24) is 4.98 Å². The first-order valence-corrected chi connectivity index (χ1v) is 5.13. The summed E-state index contributed by atoms with van der Waals surface area (Å²) in [6.45, 7) is 0. The van der Waals surface area contributed by atoms with Gasteiger partial charge in [-0.25, -0.2) is 0 Å². The van der Waals surface area contributed by atoms with Crippen LogP contribution in [0.1, 0.15) is 24.5 Å². The Morgan fingerprint density at radius 3 is 2.86 bits per heavy atom. The summed E-state index contributed by atoms with van der Waals surface area (Å²) >= 11 is 5.99. The van der Waals surface area contributed by atoms with Crippen LogP contribution in [0.25, 0.3) is 10.9 Å². The highest BCUT2D eigenvalue weighted by atomic mass is 35.5. The van der Waals surface area contributed by atoms with Gasteiger partial charge in [-0.2, -0.15) is 0 Å². The van der Waals surface area contributed by atoms with Gasteiger partial charge in [-0.15, -0.1) is 0 Å². The Bertz CT molecular complexity index is 499. The summed E-state index contributed by atoms with van der Waals surface area (Å²) in [6, 6.07) is 5.54. The molecule has 1 heterocycles. The second-order valence-corrected chi connectivity index (χ2v) is 4.24. The van der Waals surface area contributed by atoms with Crippen molar-refractivity contribution in [3.63, 3.8) is 0 Å². The number of benzene rings is 1. The summed E-state index contributed by atoms with van der Waals surface area (Å²) in [5, 5.41) is 10.8. The van der Waals surface area contributed by atoms with Crippen LogP contribution in [0.3, 0.4) is 0 Å². The maximum Gasteiger partial charge on any atom is 0.134 e. The molecule has 14 heavy (non-hydrogen) atoms. The highest BCUT2D eigenvalue weighted by Crippen LogP contribution is 2.42. The van der Waals surface area contributed by atoms with E-state index in [1.807, 2.05) is 6.07 Å². The predicted molar refractivity (Wildman–Crippen MR) is 56.9 cm³/mol. The van der Waals surface area contributed by atoms with E-state index in [4.69, 9.17) is 11.6 Å². The smallest absolute Gasteiger partial charge is 0.134 e. The molecule has 1 aliphatic carbocycles. The van der Waals surface area contributed by atoms with Crippen molar-refractivity contribution < 1.29 is 5.11 Å². The monoisotopic (exact) mass is 207 g/mol. The van der Waals surface area contributed by atoms with Crippen molar-refractivity contribution in [3.8, 4) is 5.75 Å². The van der Waals surface area contributed by atoms with E-state index in [-0.39, 0.29) is 5.75 Å². The molecule has 2 nitrogen and oxygen atoms in total. The number of nitrogens with one attached hydrogen (secondary N) is 1. The maximum atomic E-state index is 9.43. The van der Waals surface area contributed by atoms with E-state index < -0.39 is 0 Å². The second kappa shape index (κ2) is 2.67. The number of hydrogen-bond acceptors (Lipinski definition) is 1. The molecule has 3 rings (SSSR count). The fourth-order valence-electron chi connectivity index (χ4n) is 1.79. The van der Waals surface area contributed by atoms with Crippen LogP contribution in [0.15, 0.2) is 18.2 Å². The van der Waals surface area contributed by atoms with Crippen LogP contribution >= 0.6 is 11.6 Å². The van der Waals surface area contributed by atoms with E-state index >= 15 is 0 Å². The summed E-state index contributed by atoms with van der Waals surface area (Å²) in [4.78, 5) is 3.33. The number of aromatic hydroxyl groups is 1. The van der Waals surface area contributed by atoms with Gasteiger partial charge in [0.05, 0.1) is 5.02 Å². The van der Waals surface area contributed by atoms with Crippen LogP contribution in [0.2, 0.25) is 5.02 Å². The molecule has 1 aliphatic rings. The Labute approximate surface area is 86.5 Å². The number of hydrogen-bond donors (Lipinski definition) is 2. The van der Waals surface area contributed by atoms with Crippen molar-refractivity contribution in [3.05, 3.63) is 28.9 Å². The van der Waals surface area contributed by atoms with Crippen LogP contribution < -0.4 is 0 Å². The molecule has 1 fully saturated rings. The normalized spacial score (nSPS) is 16.4. The van der Waals surface area contributed by atoms with E-state index in [0.717, 1.165) is 10.9 Å². The average molecular weight is 208 g/mol. The minimum atomic E-state index is 0.153. The van der Waals surface area contributed by atoms with Gasteiger partial charge in [-0.3, -0.25) is 0 Å². The van der Waals surface area contributed by atoms with Gasteiger partial charge in [0.25, 0.3) is 0 Å². The van der Waals surface area contributed by atoms with Gasteiger partial charge in [0.1, 0.15) is 5.75 Å². The van der Waals surface area contributed by atoms with Gasteiger partial charge in [0.2, 0.25) is 0 Å². The molecule has 0 atom stereocenters. The molecule has 1 saturated carbocycles. The summed E-state index contributed by atoms with van der Waals surface area (Å²) in [6.07, 6.45) is 2.52. The fourth-order valence-corrected chi connectivity index (χ4v) is 2.01.